The largest absolute Gasteiger partial charge is 2.00 e. The zero-order valence-corrected chi connectivity index (χ0v) is 18.5. The van der Waals surface area contributed by atoms with E-state index in [0.717, 1.165) is 0 Å². The number of hydrogen-bond donors (Lipinski definition) is 2. The van der Waals surface area contributed by atoms with Gasteiger partial charge in [0, 0.05) is 36.7 Å². The maximum absolute atomic E-state index is 10.3. The van der Waals surface area contributed by atoms with Crippen molar-refractivity contribution in [3.8, 4) is 0 Å². The average Bonchev–Trinajstić information content (AvgIpc) is 2.25. The molecule has 0 spiro atoms. The number of carboxylic acids is 5. The van der Waals surface area contributed by atoms with Gasteiger partial charge in [0.25, 0.3) is 0 Å². The molecule has 0 radical (unpaired) electrons. The Balaban J connectivity index is -0.000000162. The van der Waals surface area contributed by atoms with E-state index in [-0.39, 0.29) is 58.2 Å². The number of hydrogen-bond acceptors (Lipinski definition) is 10. The fourth-order valence-corrected chi connectivity index (χ4v) is 1.07. The van der Waals surface area contributed by atoms with Crippen molar-refractivity contribution >= 4 is 29.8 Å². The molecule has 0 aliphatic carbocycles. The van der Waals surface area contributed by atoms with E-state index in [2.05, 4.69) is 0 Å². The van der Waals surface area contributed by atoms with Crippen molar-refractivity contribution in [1.29, 1.82) is 0 Å². The summed E-state index contributed by atoms with van der Waals surface area (Å²) in [6.07, 6.45) is -2.93. The summed E-state index contributed by atoms with van der Waals surface area (Å²) in [6, 6.07) is 0. The number of carbonyl (C=O) groups excluding carboxylic acids is 4. The molecule has 0 aliphatic heterocycles. The summed E-state index contributed by atoms with van der Waals surface area (Å²) in [5, 5.41) is 56.5. The van der Waals surface area contributed by atoms with Gasteiger partial charge in [0.05, 0.1) is 0 Å². The molecule has 0 heterocycles. The zero-order valence-electron chi connectivity index (χ0n) is 12.5. The van der Waals surface area contributed by atoms with Crippen LogP contribution >= 0.6 is 0 Å². The molecule has 0 atom stereocenters. The van der Waals surface area contributed by atoms with Crippen LogP contribution in [0.4, 0.5) is 0 Å². The van der Waals surface area contributed by atoms with E-state index in [1.807, 2.05) is 0 Å². The van der Waals surface area contributed by atoms with Crippen LogP contribution in [0.5, 0.6) is 0 Å². The fraction of sp³-hybridized carbons (Fsp3) is 0.545. The number of carboxylic acid groups (broad SMARTS) is 5. The molecule has 0 aromatic rings. The van der Waals surface area contributed by atoms with E-state index in [9.17, 15) is 44.4 Å². The van der Waals surface area contributed by atoms with Crippen molar-refractivity contribution in [2.24, 2.45) is 0 Å². The minimum atomic E-state index is -2.86. The van der Waals surface area contributed by atoms with Gasteiger partial charge in [-0.05, 0) is 19.3 Å². The Morgan fingerprint density at radius 3 is 1.17 bits per heavy atom. The van der Waals surface area contributed by atoms with Gasteiger partial charge in [0.15, 0.2) is 5.60 Å². The predicted octanol–water partition coefficient (Wildman–Crippen LogP) is -6.27. The number of carbonyl (C=O) groups is 5. The Labute approximate surface area is 161 Å². The monoisotopic (exact) mass is 448 g/mol. The maximum atomic E-state index is 10.3. The van der Waals surface area contributed by atoms with Gasteiger partial charge < -0.3 is 49.8 Å². The van der Waals surface area contributed by atoms with E-state index >= 15 is 0 Å². The van der Waals surface area contributed by atoms with Crippen molar-refractivity contribution in [1.82, 2.24) is 0 Å². The van der Waals surface area contributed by atoms with Gasteiger partial charge in [-0.3, -0.25) is 0 Å². The van der Waals surface area contributed by atoms with Crippen LogP contribution in [0.1, 0.15) is 32.1 Å². The summed E-state index contributed by atoms with van der Waals surface area (Å²) in [7, 11) is 0. The zero-order chi connectivity index (χ0) is 17.9. The van der Waals surface area contributed by atoms with Gasteiger partial charge in [-0.15, -0.1) is 0 Å². The quantitative estimate of drug-likeness (QED) is 0.314. The second-order valence-electron chi connectivity index (χ2n) is 4.03. The molecule has 0 saturated carbocycles. The third-order valence-corrected chi connectivity index (χ3v) is 2.03. The van der Waals surface area contributed by atoms with Gasteiger partial charge in [-0.25, -0.2) is 4.79 Å². The van der Waals surface area contributed by atoms with Crippen LogP contribution in [-0.2, 0) is 62.9 Å². The van der Waals surface area contributed by atoms with Gasteiger partial charge in [-0.2, -0.15) is 0 Å². The minimum Gasteiger partial charge on any atom is -0.550 e. The number of rotatable bonds is 9. The molecule has 11 nitrogen and oxygen atoms in total. The van der Waals surface area contributed by atoms with Crippen molar-refractivity contribution in [2.45, 2.75) is 37.7 Å². The van der Waals surface area contributed by atoms with Crippen LogP contribution in [0.3, 0.4) is 0 Å². The summed E-state index contributed by atoms with van der Waals surface area (Å²) >= 11 is 0. The molecule has 0 saturated heterocycles. The molecule has 0 aromatic heterocycles. The summed E-state index contributed by atoms with van der Waals surface area (Å²) in [5.74, 6) is -8.11. The topological polar surface area (TPSA) is 218 Å². The SMILES string of the molecule is O=C([O-])CC(O)(CC(=O)[O-])C(=O)O.O=C([O-])CCCC(=O)[O-].[Zn+2].[Zn+2]. The van der Waals surface area contributed by atoms with Gasteiger partial charge in [0.1, 0.15) is 0 Å². The number of aliphatic carboxylic acids is 5. The Bertz CT molecular complexity index is 419. The molecule has 0 aromatic carbocycles. The van der Waals surface area contributed by atoms with Crippen molar-refractivity contribution < 1.29 is 93.6 Å². The smallest absolute Gasteiger partial charge is 0.550 e. The first kappa shape index (κ1) is 30.4. The molecule has 0 amide bonds. The van der Waals surface area contributed by atoms with Crippen LogP contribution in [0.15, 0.2) is 0 Å². The molecule has 0 bridgehead atoms. The summed E-state index contributed by atoms with van der Waals surface area (Å²) in [5.41, 5.74) is -2.86. The van der Waals surface area contributed by atoms with E-state index in [1.54, 1.807) is 0 Å². The maximum Gasteiger partial charge on any atom is 2.00 e. The van der Waals surface area contributed by atoms with E-state index in [1.165, 1.54) is 0 Å². The first-order chi connectivity index (χ1) is 9.90. The third kappa shape index (κ3) is 18.6. The van der Waals surface area contributed by atoms with Gasteiger partial charge in [-0.1, -0.05) is 0 Å². The molecule has 0 rings (SSSR count). The second-order valence-corrected chi connectivity index (χ2v) is 4.03. The van der Waals surface area contributed by atoms with Crippen molar-refractivity contribution in [3.63, 3.8) is 0 Å². The van der Waals surface area contributed by atoms with Crippen LogP contribution in [0.25, 0.3) is 0 Å². The Morgan fingerprint density at radius 1 is 0.708 bits per heavy atom. The van der Waals surface area contributed by atoms with E-state index < -0.39 is 48.3 Å². The molecule has 13 heteroatoms. The summed E-state index contributed by atoms with van der Waals surface area (Å²) in [6.45, 7) is 0. The minimum absolute atomic E-state index is 0. The van der Waals surface area contributed by atoms with E-state index in [4.69, 9.17) is 10.2 Å². The van der Waals surface area contributed by atoms with Gasteiger partial charge >= 0.3 is 44.9 Å². The fourth-order valence-electron chi connectivity index (χ4n) is 1.07. The molecule has 126 valence electrons. The predicted molar refractivity (Wildman–Crippen MR) is 55.7 cm³/mol. The molecule has 2 N–H and O–H groups in total. The molecule has 24 heavy (non-hydrogen) atoms. The molecule has 0 aliphatic rings. The van der Waals surface area contributed by atoms with Crippen LogP contribution in [0.2, 0.25) is 0 Å². The number of aliphatic hydroxyl groups is 1. The molecular weight excluding hydrogens is 439 g/mol. The molecular formula is C11H12O11Zn2. The normalized spacial score (nSPS) is 9.21. The first-order valence-electron chi connectivity index (χ1n) is 5.66. The summed E-state index contributed by atoms with van der Waals surface area (Å²) in [4.78, 5) is 49.5. The third-order valence-electron chi connectivity index (χ3n) is 2.03. The Hall–Kier alpha value is -1.44. The summed E-state index contributed by atoms with van der Waals surface area (Å²) < 4.78 is 0. The van der Waals surface area contributed by atoms with Crippen LogP contribution in [0, 0.1) is 0 Å². The van der Waals surface area contributed by atoms with Gasteiger partial charge in [0.2, 0.25) is 0 Å². The van der Waals surface area contributed by atoms with Crippen molar-refractivity contribution in [3.05, 3.63) is 0 Å². The average molecular weight is 451 g/mol. The van der Waals surface area contributed by atoms with Crippen LogP contribution < -0.4 is 20.4 Å². The Kier molecular flexibility index (Phi) is 19.2. The van der Waals surface area contributed by atoms with E-state index in [0.29, 0.717) is 0 Å². The Morgan fingerprint density at radius 2 is 1.00 bits per heavy atom. The molecule has 0 fully saturated rings. The second kappa shape index (κ2) is 15.1. The molecule has 0 unspecified atom stereocenters. The van der Waals surface area contributed by atoms with Crippen molar-refractivity contribution in [2.75, 3.05) is 0 Å². The standard InChI is InChI=1S/C6H8O7.C5H8O4.2Zn/c7-3(8)1-6(13,5(11)12)2-4(9)10;6-4(7)2-1-3-5(8)9;;/h13H,1-2H2,(H,7,8)(H,9,10)(H,11,12);1-3H2,(H,6,7)(H,8,9);;/q;;2*+2/p-4. The first-order valence-corrected chi connectivity index (χ1v) is 5.66. The van der Waals surface area contributed by atoms with Crippen LogP contribution in [-0.4, -0.2) is 45.7 Å².